The largest absolute Gasteiger partial charge is 0.592 e. The van der Waals surface area contributed by atoms with Crippen LogP contribution < -0.4 is 5.23 Å². The van der Waals surface area contributed by atoms with Crippen molar-refractivity contribution in [2.45, 2.75) is 0 Å². The van der Waals surface area contributed by atoms with Gasteiger partial charge in [0, 0.05) is 6.07 Å². The van der Waals surface area contributed by atoms with Gasteiger partial charge in [-0.25, -0.2) is 5.21 Å². The molecule has 1 aromatic heterocycles. The molecule has 1 heterocycles. The van der Waals surface area contributed by atoms with Crippen LogP contribution in [0.1, 0.15) is 0 Å². The Morgan fingerprint density at radius 3 is 2.56 bits per heavy atom. The van der Waals surface area contributed by atoms with Crippen LogP contribution in [0, 0.1) is 5.21 Å². The van der Waals surface area contributed by atoms with Gasteiger partial charge >= 0.3 is 5.88 Å². The molecule has 50 valence electrons. The van der Waals surface area contributed by atoms with E-state index in [0.29, 0.717) is 4.67 Å². The van der Waals surface area contributed by atoms with Gasteiger partial charge in [0.2, 0.25) is 0 Å². The molecule has 0 aromatic carbocycles. The summed E-state index contributed by atoms with van der Waals surface area (Å²) in [6, 6.07) is 2.91. The highest BCUT2D eigenvalue weighted by molar-refractivity contribution is 9.10. The summed E-state index contributed by atoms with van der Waals surface area (Å²) in [7, 11) is 0. The van der Waals surface area contributed by atoms with Crippen molar-refractivity contribution < 1.29 is 14.9 Å². The van der Waals surface area contributed by atoms with Gasteiger partial charge in [0.1, 0.15) is 0 Å². The smallest absolute Gasteiger partial charge is 0.329 e. The van der Waals surface area contributed by atoms with Crippen LogP contribution in [0.5, 0.6) is 0 Å². The van der Waals surface area contributed by atoms with E-state index in [4.69, 9.17) is 5.21 Å². The Labute approximate surface area is 59.3 Å². The van der Waals surface area contributed by atoms with E-state index in [2.05, 4.69) is 20.3 Å². The standard InChI is InChI=1S/C4H4BrNO3/c5-3-1-2-4(9-3)6(7)8/h1-2,6-7H. The summed E-state index contributed by atoms with van der Waals surface area (Å²) in [6.07, 6.45) is 0. The van der Waals surface area contributed by atoms with Crippen molar-refractivity contribution in [3.8, 4) is 0 Å². The predicted octanol–water partition coefficient (Wildman–Crippen LogP) is 0.445. The molecule has 1 aromatic rings. The SMILES string of the molecule is [O-][NH+](O)c1ccc(Br)o1. The molecule has 0 saturated heterocycles. The Morgan fingerprint density at radius 1 is 1.67 bits per heavy atom. The van der Waals surface area contributed by atoms with Crippen molar-refractivity contribution >= 4 is 21.8 Å². The maximum atomic E-state index is 10.1. The topological polar surface area (TPSA) is 60.9 Å². The van der Waals surface area contributed by atoms with Crippen LogP contribution in [0.15, 0.2) is 21.2 Å². The zero-order chi connectivity index (χ0) is 6.85. The van der Waals surface area contributed by atoms with Crippen molar-refractivity contribution in [1.82, 2.24) is 0 Å². The van der Waals surface area contributed by atoms with Gasteiger partial charge in [-0.2, -0.15) is 5.23 Å². The lowest BCUT2D eigenvalue weighted by Crippen LogP contribution is -2.99. The first-order valence-corrected chi connectivity index (χ1v) is 2.98. The number of rotatable bonds is 1. The molecular formula is C4H4BrNO3. The fourth-order valence-electron chi connectivity index (χ4n) is 0.429. The Bertz CT molecular complexity index is 197. The number of quaternary nitrogens is 1. The van der Waals surface area contributed by atoms with Gasteiger partial charge in [-0.1, -0.05) is 0 Å². The van der Waals surface area contributed by atoms with E-state index in [1.54, 1.807) is 0 Å². The van der Waals surface area contributed by atoms with E-state index >= 15 is 0 Å². The van der Waals surface area contributed by atoms with Crippen LogP contribution in [0.2, 0.25) is 0 Å². The maximum Gasteiger partial charge on any atom is 0.329 e. The van der Waals surface area contributed by atoms with E-state index in [-0.39, 0.29) is 5.88 Å². The second kappa shape index (κ2) is 2.49. The fraction of sp³-hybridized carbons (Fsp3) is 0. The van der Waals surface area contributed by atoms with Crippen molar-refractivity contribution in [3.05, 3.63) is 22.0 Å². The lowest BCUT2D eigenvalue weighted by atomic mass is 10.6. The van der Waals surface area contributed by atoms with Gasteiger partial charge in [-0.05, 0) is 22.0 Å². The van der Waals surface area contributed by atoms with Crippen LogP contribution >= 0.6 is 15.9 Å². The molecule has 1 unspecified atom stereocenters. The Morgan fingerprint density at radius 2 is 2.33 bits per heavy atom. The first kappa shape index (κ1) is 6.76. The molecule has 9 heavy (non-hydrogen) atoms. The molecule has 0 aliphatic rings. The summed E-state index contributed by atoms with van der Waals surface area (Å²) >= 11 is 2.97. The number of furan rings is 1. The molecule has 0 radical (unpaired) electrons. The molecule has 1 rings (SSSR count). The average Bonchev–Trinajstić information content (AvgIpc) is 2.14. The molecular weight excluding hydrogens is 190 g/mol. The number of halogens is 1. The van der Waals surface area contributed by atoms with Crippen LogP contribution in [0.4, 0.5) is 5.88 Å². The average molecular weight is 194 g/mol. The van der Waals surface area contributed by atoms with Crippen LogP contribution in [-0.4, -0.2) is 5.21 Å². The third-order valence-corrected chi connectivity index (χ3v) is 1.21. The summed E-state index contributed by atoms with van der Waals surface area (Å²) in [5.74, 6) is -0.0538. The van der Waals surface area contributed by atoms with Crippen molar-refractivity contribution in [1.29, 1.82) is 0 Å². The monoisotopic (exact) mass is 193 g/mol. The zero-order valence-electron chi connectivity index (χ0n) is 4.30. The van der Waals surface area contributed by atoms with Gasteiger partial charge in [0.15, 0.2) is 4.67 Å². The third kappa shape index (κ3) is 1.52. The Hall–Kier alpha value is -0.360. The van der Waals surface area contributed by atoms with Gasteiger partial charge in [-0.3, -0.25) is 0 Å². The van der Waals surface area contributed by atoms with Gasteiger partial charge in [0.05, 0.1) is 0 Å². The van der Waals surface area contributed by atoms with Crippen LogP contribution in [0.25, 0.3) is 0 Å². The van der Waals surface area contributed by atoms with Gasteiger partial charge < -0.3 is 9.62 Å². The normalized spacial score (nSPS) is 13.7. The predicted molar refractivity (Wildman–Crippen MR) is 32.2 cm³/mol. The highest BCUT2D eigenvalue weighted by Gasteiger charge is 2.03. The quantitative estimate of drug-likeness (QED) is 0.637. The van der Waals surface area contributed by atoms with Crippen molar-refractivity contribution in [2.75, 3.05) is 0 Å². The molecule has 0 amide bonds. The minimum absolute atomic E-state index is 0.0538. The summed E-state index contributed by atoms with van der Waals surface area (Å²) in [5.41, 5.74) is 0. The molecule has 0 spiro atoms. The first-order valence-electron chi connectivity index (χ1n) is 2.19. The highest BCUT2D eigenvalue weighted by atomic mass is 79.9. The van der Waals surface area contributed by atoms with Crippen LogP contribution in [-0.2, 0) is 0 Å². The van der Waals surface area contributed by atoms with E-state index in [1.807, 2.05) is 0 Å². The number of hydrogen-bond acceptors (Lipinski definition) is 3. The molecule has 5 heteroatoms. The molecule has 0 bridgehead atoms. The Balaban J connectivity index is 2.85. The second-order valence-corrected chi connectivity index (χ2v) is 2.19. The summed E-state index contributed by atoms with van der Waals surface area (Å²) in [4.78, 5) is 0. The van der Waals surface area contributed by atoms with Gasteiger partial charge in [0.25, 0.3) is 0 Å². The minimum Gasteiger partial charge on any atom is -0.592 e. The molecule has 4 nitrogen and oxygen atoms in total. The van der Waals surface area contributed by atoms with E-state index in [0.717, 1.165) is 0 Å². The lowest BCUT2D eigenvalue weighted by Gasteiger charge is -2.05. The summed E-state index contributed by atoms with van der Waals surface area (Å²) in [6.45, 7) is 0. The second-order valence-electron chi connectivity index (χ2n) is 1.41. The Kier molecular flexibility index (Phi) is 1.87. The zero-order valence-corrected chi connectivity index (χ0v) is 5.88. The van der Waals surface area contributed by atoms with E-state index in [1.165, 1.54) is 12.1 Å². The molecule has 1 atom stereocenters. The molecule has 0 aliphatic heterocycles. The van der Waals surface area contributed by atoms with Crippen molar-refractivity contribution in [2.24, 2.45) is 0 Å². The number of nitrogens with one attached hydrogen (secondary N) is 1. The molecule has 0 fully saturated rings. The summed E-state index contributed by atoms with van der Waals surface area (Å²) in [5, 5.41) is 17.3. The highest BCUT2D eigenvalue weighted by Crippen LogP contribution is 2.14. The minimum atomic E-state index is -1.05. The summed E-state index contributed by atoms with van der Waals surface area (Å²) < 4.78 is 5.09. The fourth-order valence-corrected chi connectivity index (χ4v) is 0.736. The molecule has 0 aliphatic carbocycles. The van der Waals surface area contributed by atoms with E-state index in [9.17, 15) is 5.21 Å². The third-order valence-electron chi connectivity index (χ3n) is 0.784. The first-order chi connectivity index (χ1) is 4.20. The van der Waals surface area contributed by atoms with Crippen LogP contribution in [0.3, 0.4) is 0 Å². The van der Waals surface area contributed by atoms with Gasteiger partial charge in [-0.15, -0.1) is 0 Å². The van der Waals surface area contributed by atoms with Crippen molar-refractivity contribution in [3.63, 3.8) is 0 Å². The lowest BCUT2D eigenvalue weighted by molar-refractivity contribution is -0.997. The molecule has 2 N–H and O–H groups in total. The van der Waals surface area contributed by atoms with E-state index < -0.39 is 5.23 Å². The number of hydrogen-bond donors (Lipinski definition) is 2. The maximum absolute atomic E-state index is 10.1. The molecule has 0 saturated carbocycles.